The molecule has 0 radical (unpaired) electrons. The van der Waals surface area contributed by atoms with Crippen molar-refractivity contribution in [2.45, 2.75) is 128 Å². The van der Waals surface area contributed by atoms with E-state index < -0.39 is 29.3 Å². The number of carbonyl (C=O) groups excluding carboxylic acids is 2. The Kier molecular flexibility index (Phi) is 6.77. The molecule has 1 atom stereocenters. The van der Waals surface area contributed by atoms with Gasteiger partial charge in [-0.2, -0.15) is 0 Å². The second kappa shape index (κ2) is 9.78. The number of piperidine rings is 1. The van der Waals surface area contributed by atoms with Gasteiger partial charge in [-0.15, -0.1) is 0 Å². The fourth-order valence-electron chi connectivity index (χ4n) is 8.49. The van der Waals surface area contributed by atoms with Crippen molar-refractivity contribution in [2.24, 2.45) is 5.41 Å². The van der Waals surface area contributed by atoms with Crippen LogP contribution in [0.4, 0.5) is 5.69 Å². The Hall–Kier alpha value is -1.94. The van der Waals surface area contributed by atoms with E-state index in [1.54, 1.807) is 0 Å². The molecule has 1 aromatic rings. The zero-order chi connectivity index (χ0) is 30.6. The molecule has 234 valence electrons. The van der Waals surface area contributed by atoms with E-state index in [-0.39, 0.29) is 17.9 Å². The SMILES string of the molecule is CC1(C)CCN(C2CC(N3C(=O)C4(CCN(C(=O)C5(C)CCCO5)CC4)c4ccc(B5OC(C)(C)C(C)(C)O5)cc43)C2)C1. The Balaban J connectivity index is 1.16. The van der Waals surface area contributed by atoms with Crippen LogP contribution in [0.15, 0.2) is 18.2 Å². The van der Waals surface area contributed by atoms with E-state index in [1.165, 1.54) is 6.42 Å². The topological polar surface area (TPSA) is 71.6 Å². The van der Waals surface area contributed by atoms with Gasteiger partial charge in [0.1, 0.15) is 5.60 Å². The van der Waals surface area contributed by atoms with Gasteiger partial charge < -0.3 is 23.8 Å². The number of rotatable bonds is 4. The summed E-state index contributed by atoms with van der Waals surface area (Å²) in [4.78, 5) is 34.8. The monoisotopic (exact) mass is 591 g/mol. The summed E-state index contributed by atoms with van der Waals surface area (Å²) in [6, 6.07) is 7.16. The van der Waals surface area contributed by atoms with E-state index in [9.17, 15) is 9.59 Å². The molecule has 0 bridgehead atoms. The summed E-state index contributed by atoms with van der Waals surface area (Å²) in [5, 5.41) is 0. The average Bonchev–Trinajstić information content (AvgIpc) is 3.63. The number of nitrogens with zero attached hydrogens (tertiary/aromatic N) is 3. The van der Waals surface area contributed by atoms with Crippen molar-refractivity contribution >= 4 is 30.1 Å². The smallest absolute Gasteiger partial charge is 0.399 e. The third-order valence-corrected chi connectivity index (χ3v) is 12.2. The van der Waals surface area contributed by atoms with Gasteiger partial charge in [-0.25, -0.2) is 0 Å². The molecule has 1 aliphatic carbocycles. The van der Waals surface area contributed by atoms with Crippen molar-refractivity contribution in [3.8, 4) is 0 Å². The molecule has 1 unspecified atom stereocenters. The van der Waals surface area contributed by atoms with E-state index in [4.69, 9.17) is 14.0 Å². The lowest BCUT2D eigenvalue weighted by Gasteiger charge is -2.47. The number of benzene rings is 1. The van der Waals surface area contributed by atoms with Crippen molar-refractivity contribution in [3.05, 3.63) is 23.8 Å². The molecular formula is C34H50BN3O5. The van der Waals surface area contributed by atoms with Crippen molar-refractivity contribution in [1.82, 2.24) is 9.80 Å². The molecule has 8 nitrogen and oxygen atoms in total. The number of anilines is 1. The molecule has 4 saturated heterocycles. The second-order valence-electron chi connectivity index (χ2n) is 16.3. The maximum absolute atomic E-state index is 14.7. The highest BCUT2D eigenvalue weighted by Gasteiger charge is 2.58. The van der Waals surface area contributed by atoms with Crippen LogP contribution in [0.1, 0.15) is 99.0 Å². The Morgan fingerprint density at radius 1 is 0.884 bits per heavy atom. The summed E-state index contributed by atoms with van der Waals surface area (Å²) in [6.45, 7) is 19.0. The predicted octanol–water partition coefficient (Wildman–Crippen LogP) is 4.02. The Labute approximate surface area is 257 Å². The molecule has 6 aliphatic rings. The third-order valence-electron chi connectivity index (χ3n) is 12.2. The van der Waals surface area contributed by atoms with Crippen molar-refractivity contribution in [3.63, 3.8) is 0 Å². The Morgan fingerprint density at radius 3 is 2.14 bits per heavy atom. The summed E-state index contributed by atoms with van der Waals surface area (Å²) in [5.74, 6) is 0.294. The lowest BCUT2D eigenvalue weighted by atomic mass is 9.71. The lowest BCUT2D eigenvalue weighted by Crippen LogP contribution is -2.58. The molecule has 5 aliphatic heterocycles. The summed E-state index contributed by atoms with van der Waals surface area (Å²) in [5.41, 5.74) is 1.27. The standard InChI is InChI=1S/C34H50BN3O5/c1-30(2)12-15-37(22-30)24-20-25(21-24)38-27-19-23(35-42-31(3,4)32(5,6)43-35)9-10-26(27)34(29(38)40)13-16-36(17-14-34)28(39)33(7)11-8-18-41-33/h9-10,19,24-25H,8,11-18,20-22H2,1-7H3. The van der Waals surface area contributed by atoms with E-state index in [0.717, 1.165) is 55.5 Å². The van der Waals surface area contributed by atoms with Crippen LogP contribution in [0.5, 0.6) is 0 Å². The minimum atomic E-state index is -0.725. The van der Waals surface area contributed by atoms with Gasteiger partial charge in [-0.05, 0) is 109 Å². The number of likely N-dealkylation sites (tertiary alicyclic amines) is 2. The maximum atomic E-state index is 14.7. The summed E-state index contributed by atoms with van der Waals surface area (Å²) in [6.07, 6.45) is 6.23. The van der Waals surface area contributed by atoms with E-state index >= 15 is 0 Å². The van der Waals surface area contributed by atoms with Gasteiger partial charge in [0.25, 0.3) is 5.91 Å². The normalized spacial score (nSPS) is 34.2. The molecule has 1 saturated carbocycles. The molecule has 0 N–H and O–H groups in total. The number of hydrogen-bond donors (Lipinski definition) is 0. The molecule has 5 fully saturated rings. The first-order valence-corrected chi connectivity index (χ1v) is 16.7. The lowest BCUT2D eigenvalue weighted by molar-refractivity contribution is -0.153. The van der Waals surface area contributed by atoms with E-state index in [1.807, 2.05) is 11.8 Å². The summed E-state index contributed by atoms with van der Waals surface area (Å²) >= 11 is 0. The molecule has 0 aromatic heterocycles. The largest absolute Gasteiger partial charge is 0.494 e. The van der Waals surface area contributed by atoms with Gasteiger partial charge in [0, 0.05) is 44.0 Å². The van der Waals surface area contributed by atoms with E-state index in [2.05, 4.69) is 69.5 Å². The van der Waals surface area contributed by atoms with Crippen LogP contribution in [-0.2, 0) is 29.0 Å². The van der Waals surface area contributed by atoms with Crippen LogP contribution < -0.4 is 10.4 Å². The van der Waals surface area contributed by atoms with Crippen LogP contribution >= 0.6 is 0 Å². The fraction of sp³-hybridized carbons (Fsp3) is 0.765. The molecular weight excluding hydrogens is 541 g/mol. The van der Waals surface area contributed by atoms with Gasteiger partial charge in [-0.1, -0.05) is 26.0 Å². The molecule has 1 aromatic carbocycles. The minimum Gasteiger partial charge on any atom is -0.399 e. The number of hydrogen-bond acceptors (Lipinski definition) is 6. The first-order chi connectivity index (χ1) is 20.1. The highest BCUT2D eigenvalue weighted by Crippen LogP contribution is 2.52. The quantitative estimate of drug-likeness (QED) is 0.493. The molecule has 5 heterocycles. The van der Waals surface area contributed by atoms with Gasteiger partial charge in [0.15, 0.2) is 0 Å². The maximum Gasteiger partial charge on any atom is 0.494 e. The van der Waals surface area contributed by atoms with Crippen LogP contribution in [-0.4, -0.2) is 90.4 Å². The highest BCUT2D eigenvalue weighted by atomic mass is 16.7. The summed E-state index contributed by atoms with van der Waals surface area (Å²) in [7, 11) is -0.476. The van der Waals surface area contributed by atoms with Gasteiger partial charge in [0.2, 0.25) is 5.91 Å². The molecule has 2 amide bonds. The number of ether oxygens (including phenoxy) is 1. The van der Waals surface area contributed by atoms with Crippen LogP contribution in [0, 0.1) is 5.41 Å². The first kappa shape index (κ1) is 29.8. The summed E-state index contributed by atoms with van der Waals surface area (Å²) < 4.78 is 18.7. The molecule has 1 spiro atoms. The minimum absolute atomic E-state index is 0.0776. The van der Waals surface area contributed by atoms with Crippen molar-refractivity contribution in [2.75, 3.05) is 37.7 Å². The van der Waals surface area contributed by atoms with Crippen LogP contribution in [0.25, 0.3) is 0 Å². The predicted molar refractivity (Wildman–Crippen MR) is 168 cm³/mol. The zero-order valence-electron chi connectivity index (χ0n) is 27.3. The molecule has 43 heavy (non-hydrogen) atoms. The highest BCUT2D eigenvalue weighted by molar-refractivity contribution is 6.62. The van der Waals surface area contributed by atoms with Crippen molar-refractivity contribution < 1.29 is 23.6 Å². The number of amides is 2. The van der Waals surface area contributed by atoms with Gasteiger partial charge >= 0.3 is 7.12 Å². The fourth-order valence-corrected chi connectivity index (χ4v) is 8.49. The Bertz CT molecular complexity index is 1290. The van der Waals surface area contributed by atoms with Gasteiger partial charge in [0.05, 0.1) is 16.6 Å². The number of carbonyl (C=O) groups is 2. The third kappa shape index (κ3) is 4.62. The van der Waals surface area contributed by atoms with Crippen LogP contribution in [0.3, 0.4) is 0 Å². The second-order valence-corrected chi connectivity index (χ2v) is 16.3. The molecule has 9 heteroatoms. The van der Waals surface area contributed by atoms with Gasteiger partial charge in [-0.3, -0.25) is 14.5 Å². The van der Waals surface area contributed by atoms with Crippen molar-refractivity contribution in [1.29, 1.82) is 0 Å². The van der Waals surface area contributed by atoms with E-state index in [0.29, 0.717) is 44.0 Å². The van der Waals surface area contributed by atoms with Crippen LogP contribution in [0.2, 0.25) is 0 Å². The first-order valence-electron chi connectivity index (χ1n) is 16.7. The molecule has 7 rings (SSSR count). The number of fused-ring (bicyclic) bond motifs is 2. The average molecular weight is 592 g/mol. The Morgan fingerprint density at radius 2 is 1.56 bits per heavy atom. The zero-order valence-corrected chi connectivity index (χ0v) is 27.3.